The van der Waals surface area contributed by atoms with Gasteiger partial charge < -0.3 is 20.9 Å². The first-order valence-corrected chi connectivity index (χ1v) is 8.68. The molecule has 2 unspecified atom stereocenters. The largest absolute Gasteiger partial charge is 0.491 e. The highest BCUT2D eigenvalue weighted by molar-refractivity contribution is 6.35. The second-order valence-corrected chi connectivity index (χ2v) is 6.52. The highest BCUT2D eigenvalue weighted by Gasteiger charge is 2.11. The van der Waals surface area contributed by atoms with E-state index in [-0.39, 0.29) is 31.0 Å². The molecule has 140 valence electrons. The molecule has 0 amide bonds. The Balaban J connectivity index is 1.81. The first kappa shape index (κ1) is 20.3. The van der Waals surface area contributed by atoms with E-state index in [1.807, 2.05) is 6.92 Å². The average molecular weight is 400 g/mol. The zero-order chi connectivity index (χ0) is 19.1. The van der Waals surface area contributed by atoms with Crippen LogP contribution < -0.4 is 15.8 Å². The van der Waals surface area contributed by atoms with Gasteiger partial charge >= 0.3 is 0 Å². The van der Waals surface area contributed by atoms with Crippen LogP contribution in [0.25, 0.3) is 0 Å². The molecule has 2 aromatic rings. The third-order valence-corrected chi connectivity index (χ3v) is 4.08. The molecule has 4 N–H and O–H groups in total. The van der Waals surface area contributed by atoms with Gasteiger partial charge in [0.1, 0.15) is 24.3 Å². The Bertz CT molecular complexity index is 757. The van der Waals surface area contributed by atoms with E-state index >= 15 is 0 Å². The minimum Gasteiger partial charge on any atom is -0.491 e. The van der Waals surface area contributed by atoms with Crippen LogP contribution in [0.15, 0.2) is 47.5 Å². The molecule has 0 saturated carbocycles. The molecule has 2 rings (SSSR count). The summed E-state index contributed by atoms with van der Waals surface area (Å²) >= 11 is 12.0. The number of hydrogen-bond acceptors (Lipinski definition) is 3. The molecule has 0 aliphatic rings. The van der Waals surface area contributed by atoms with Crippen LogP contribution in [-0.4, -0.2) is 30.3 Å². The van der Waals surface area contributed by atoms with E-state index < -0.39 is 6.10 Å². The van der Waals surface area contributed by atoms with Gasteiger partial charge in [-0.05, 0) is 48.9 Å². The van der Waals surface area contributed by atoms with Crippen molar-refractivity contribution in [3.63, 3.8) is 0 Å². The molecule has 2 aromatic carbocycles. The molecule has 0 aliphatic carbocycles. The fourth-order valence-electron chi connectivity index (χ4n) is 2.18. The quantitative estimate of drug-likeness (QED) is 0.491. The molecule has 5 nitrogen and oxygen atoms in total. The summed E-state index contributed by atoms with van der Waals surface area (Å²) in [5.41, 5.74) is 6.67. The molecule has 0 radical (unpaired) electrons. The molecule has 8 heteroatoms. The smallest absolute Gasteiger partial charge is 0.189 e. The first-order valence-electron chi connectivity index (χ1n) is 7.93. The number of hydrogen-bond donors (Lipinski definition) is 3. The lowest BCUT2D eigenvalue weighted by atomic mass is 10.1. The van der Waals surface area contributed by atoms with Crippen molar-refractivity contribution < 1.29 is 14.2 Å². The third-order valence-electron chi connectivity index (χ3n) is 3.52. The number of nitrogens with zero attached hydrogens (tertiary/aromatic N) is 1. The predicted octanol–water partition coefficient (Wildman–Crippen LogP) is 3.54. The van der Waals surface area contributed by atoms with Crippen LogP contribution in [-0.2, 0) is 0 Å². The maximum absolute atomic E-state index is 12.8. The molecule has 2 atom stereocenters. The van der Waals surface area contributed by atoms with Crippen LogP contribution in [0, 0.1) is 5.82 Å². The molecule has 0 aliphatic heterocycles. The van der Waals surface area contributed by atoms with E-state index in [9.17, 15) is 9.50 Å². The topological polar surface area (TPSA) is 79.9 Å². The van der Waals surface area contributed by atoms with Crippen LogP contribution in [0.5, 0.6) is 5.75 Å². The lowest BCUT2D eigenvalue weighted by molar-refractivity contribution is 0.114. The second kappa shape index (κ2) is 9.62. The Kier molecular flexibility index (Phi) is 7.50. The fraction of sp³-hybridized carbons (Fsp3) is 0.278. The van der Waals surface area contributed by atoms with Crippen LogP contribution in [0.2, 0.25) is 10.0 Å². The van der Waals surface area contributed by atoms with Crippen molar-refractivity contribution in [2.45, 2.75) is 19.1 Å². The summed E-state index contributed by atoms with van der Waals surface area (Å²) in [5, 5.41) is 14.0. The Morgan fingerprint density at radius 1 is 1.27 bits per heavy atom. The normalized spacial score (nSPS) is 14.0. The van der Waals surface area contributed by atoms with Gasteiger partial charge in [-0.3, -0.25) is 4.99 Å². The molecule has 0 heterocycles. The number of aliphatic imine (C=N–C) groups is 1. The van der Waals surface area contributed by atoms with E-state index in [2.05, 4.69) is 10.3 Å². The van der Waals surface area contributed by atoms with Crippen LogP contribution >= 0.6 is 23.2 Å². The monoisotopic (exact) mass is 399 g/mol. The van der Waals surface area contributed by atoms with E-state index in [4.69, 9.17) is 33.7 Å². The average Bonchev–Trinajstić information content (AvgIpc) is 2.59. The molecule has 0 spiro atoms. The number of nitrogens with one attached hydrogen (secondary N) is 1. The summed E-state index contributed by atoms with van der Waals surface area (Å²) in [6, 6.07) is 10.6. The van der Waals surface area contributed by atoms with Crippen LogP contribution in [0.3, 0.4) is 0 Å². The summed E-state index contributed by atoms with van der Waals surface area (Å²) in [5.74, 6) is 0.284. The lowest BCUT2D eigenvalue weighted by Gasteiger charge is -2.17. The summed E-state index contributed by atoms with van der Waals surface area (Å²) in [6.45, 7) is 1.95. The summed E-state index contributed by atoms with van der Waals surface area (Å²) in [7, 11) is 0. The van der Waals surface area contributed by atoms with Gasteiger partial charge in [0.25, 0.3) is 0 Å². The van der Waals surface area contributed by atoms with Crippen LogP contribution in [0.4, 0.5) is 4.39 Å². The maximum atomic E-state index is 12.8. The Labute approximate surface area is 161 Å². The SMILES string of the molecule is CC(NC(N)=NCC(O)COc1ccc(F)cc1)c1ccc(Cl)cc1Cl. The van der Waals surface area contributed by atoms with Crippen molar-refractivity contribution in [1.29, 1.82) is 0 Å². The second-order valence-electron chi connectivity index (χ2n) is 5.68. The number of ether oxygens (including phenoxy) is 1. The zero-order valence-corrected chi connectivity index (χ0v) is 15.6. The van der Waals surface area contributed by atoms with Crippen molar-refractivity contribution in [1.82, 2.24) is 5.32 Å². The van der Waals surface area contributed by atoms with Crippen molar-refractivity contribution in [2.24, 2.45) is 10.7 Å². The van der Waals surface area contributed by atoms with Gasteiger partial charge in [-0.15, -0.1) is 0 Å². The molecule has 26 heavy (non-hydrogen) atoms. The standard InChI is InChI=1S/C18H20Cl2FN3O2/c1-11(16-7-2-12(19)8-17(16)20)24-18(22)23-9-14(25)10-26-15-5-3-13(21)4-6-15/h2-8,11,14,25H,9-10H2,1H3,(H3,22,23,24). The number of nitrogens with two attached hydrogens (primary N) is 1. The lowest BCUT2D eigenvalue weighted by Crippen LogP contribution is -2.35. The summed E-state index contributed by atoms with van der Waals surface area (Å²) < 4.78 is 18.2. The van der Waals surface area contributed by atoms with Gasteiger partial charge in [0.15, 0.2) is 5.96 Å². The van der Waals surface area contributed by atoms with E-state index in [0.29, 0.717) is 15.8 Å². The number of halogens is 3. The number of aliphatic hydroxyl groups excluding tert-OH is 1. The van der Waals surface area contributed by atoms with E-state index in [1.54, 1.807) is 18.2 Å². The minimum absolute atomic E-state index is 0.0149. The third kappa shape index (κ3) is 6.37. The van der Waals surface area contributed by atoms with E-state index in [1.165, 1.54) is 24.3 Å². The summed E-state index contributed by atoms with van der Waals surface area (Å²) in [4.78, 5) is 4.09. The number of rotatable bonds is 7. The molecule has 0 aromatic heterocycles. The Morgan fingerprint density at radius 3 is 2.62 bits per heavy atom. The van der Waals surface area contributed by atoms with Crippen molar-refractivity contribution in [3.8, 4) is 5.75 Å². The maximum Gasteiger partial charge on any atom is 0.189 e. The number of benzene rings is 2. The van der Waals surface area contributed by atoms with Crippen molar-refractivity contribution in [2.75, 3.05) is 13.2 Å². The molecule has 0 saturated heterocycles. The first-order chi connectivity index (χ1) is 12.3. The predicted molar refractivity (Wildman–Crippen MR) is 102 cm³/mol. The fourth-order valence-corrected chi connectivity index (χ4v) is 2.75. The number of aliphatic hydroxyl groups is 1. The minimum atomic E-state index is -0.852. The Hall–Kier alpha value is -2.02. The van der Waals surface area contributed by atoms with Crippen molar-refractivity contribution in [3.05, 3.63) is 63.9 Å². The Morgan fingerprint density at radius 2 is 1.96 bits per heavy atom. The van der Waals surface area contributed by atoms with Gasteiger partial charge in [-0.2, -0.15) is 0 Å². The zero-order valence-electron chi connectivity index (χ0n) is 14.1. The highest BCUT2D eigenvalue weighted by Crippen LogP contribution is 2.25. The van der Waals surface area contributed by atoms with Gasteiger partial charge in [0, 0.05) is 10.0 Å². The molecule has 0 fully saturated rings. The highest BCUT2D eigenvalue weighted by atomic mass is 35.5. The summed E-state index contributed by atoms with van der Waals surface area (Å²) in [6.07, 6.45) is -0.852. The number of guanidine groups is 1. The van der Waals surface area contributed by atoms with Gasteiger partial charge in [-0.25, -0.2) is 4.39 Å². The van der Waals surface area contributed by atoms with Gasteiger partial charge in [0.2, 0.25) is 0 Å². The van der Waals surface area contributed by atoms with Crippen LogP contribution in [0.1, 0.15) is 18.5 Å². The van der Waals surface area contributed by atoms with Gasteiger partial charge in [0.05, 0.1) is 12.6 Å². The molecule has 0 bridgehead atoms. The van der Waals surface area contributed by atoms with Gasteiger partial charge in [-0.1, -0.05) is 29.3 Å². The molecular weight excluding hydrogens is 380 g/mol. The van der Waals surface area contributed by atoms with E-state index in [0.717, 1.165) is 5.56 Å². The molecular formula is C18H20Cl2FN3O2. The van der Waals surface area contributed by atoms with Crippen molar-refractivity contribution >= 4 is 29.2 Å².